The molecule has 0 spiro atoms. The molecule has 0 aliphatic carbocycles. The molecule has 2 heterocycles. The van der Waals surface area contributed by atoms with Crippen LogP contribution in [0.25, 0.3) is 0 Å². The number of hydrogen-bond acceptors (Lipinski definition) is 4. The van der Waals surface area contributed by atoms with E-state index >= 15 is 0 Å². The number of halogens is 2. The van der Waals surface area contributed by atoms with Crippen LogP contribution in [0.2, 0.25) is 0 Å². The zero-order chi connectivity index (χ0) is 18.9. The normalized spacial score (nSPS) is 16.4. The minimum Gasteiger partial charge on any atom is -0.439 e. The number of benzene rings is 1. The highest BCUT2D eigenvalue weighted by molar-refractivity contribution is 14.0. The van der Waals surface area contributed by atoms with Gasteiger partial charge >= 0.3 is 0 Å². The number of nitrogens with one attached hydrogen (secondary N) is 2. The van der Waals surface area contributed by atoms with Crippen molar-refractivity contribution in [1.82, 2.24) is 15.6 Å². The van der Waals surface area contributed by atoms with Crippen LogP contribution in [0.4, 0.5) is 4.39 Å². The van der Waals surface area contributed by atoms with E-state index in [1.54, 1.807) is 24.4 Å². The number of guanidine groups is 1. The van der Waals surface area contributed by atoms with Crippen LogP contribution in [0, 0.1) is 5.82 Å². The maximum atomic E-state index is 12.9. The van der Waals surface area contributed by atoms with Gasteiger partial charge in [-0.2, -0.15) is 11.8 Å². The Labute approximate surface area is 187 Å². The largest absolute Gasteiger partial charge is 0.439 e. The number of aromatic nitrogens is 1. The van der Waals surface area contributed by atoms with Crippen LogP contribution >= 0.6 is 35.7 Å². The van der Waals surface area contributed by atoms with Crippen molar-refractivity contribution >= 4 is 41.7 Å². The van der Waals surface area contributed by atoms with Crippen molar-refractivity contribution in [2.24, 2.45) is 4.99 Å². The summed E-state index contributed by atoms with van der Waals surface area (Å²) < 4.78 is 18.5. The van der Waals surface area contributed by atoms with Gasteiger partial charge in [0.25, 0.3) is 0 Å². The third-order valence-corrected chi connectivity index (χ3v) is 5.52. The van der Waals surface area contributed by atoms with Crippen molar-refractivity contribution in [2.45, 2.75) is 31.6 Å². The molecule has 0 amide bonds. The minimum absolute atomic E-state index is 0. The fourth-order valence-electron chi connectivity index (χ4n) is 2.72. The fourth-order valence-corrected chi connectivity index (χ4v) is 3.92. The number of rotatable bonds is 7. The maximum absolute atomic E-state index is 12.9. The van der Waals surface area contributed by atoms with Gasteiger partial charge in [0.2, 0.25) is 5.88 Å². The van der Waals surface area contributed by atoms with Gasteiger partial charge in [-0.05, 0) is 55.3 Å². The Hall–Kier alpha value is -1.55. The van der Waals surface area contributed by atoms with Crippen LogP contribution < -0.4 is 15.4 Å². The zero-order valence-corrected chi connectivity index (χ0v) is 19.0. The first-order valence-electron chi connectivity index (χ1n) is 9.25. The van der Waals surface area contributed by atoms with E-state index in [0.29, 0.717) is 23.4 Å². The molecule has 1 atom stereocenters. The molecule has 5 nitrogen and oxygen atoms in total. The van der Waals surface area contributed by atoms with Crippen LogP contribution in [-0.4, -0.2) is 35.0 Å². The molecule has 1 aromatic heterocycles. The topological polar surface area (TPSA) is 58.5 Å². The second kappa shape index (κ2) is 12.1. The van der Waals surface area contributed by atoms with Gasteiger partial charge < -0.3 is 15.4 Å². The summed E-state index contributed by atoms with van der Waals surface area (Å²) in [7, 11) is 0. The average molecular weight is 516 g/mol. The summed E-state index contributed by atoms with van der Waals surface area (Å²) in [5.74, 6) is 2.82. The van der Waals surface area contributed by atoms with Crippen molar-refractivity contribution in [3.05, 3.63) is 54.0 Å². The summed E-state index contributed by atoms with van der Waals surface area (Å²) in [5, 5.41) is 7.38. The van der Waals surface area contributed by atoms with E-state index in [1.807, 2.05) is 17.8 Å². The van der Waals surface area contributed by atoms with Crippen LogP contribution in [-0.2, 0) is 6.54 Å². The number of hydrogen-bond donors (Lipinski definition) is 2. The second-order valence-corrected chi connectivity index (χ2v) is 7.68. The summed E-state index contributed by atoms with van der Waals surface area (Å²) in [5.41, 5.74) is 0.994. The molecular formula is C20H26FIN4OS. The lowest BCUT2D eigenvalue weighted by Crippen LogP contribution is -2.40. The maximum Gasteiger partial charge on any atom is 0.219 e. The Morgan fingerprint density at radius 3 is 2.71 bits per heavy atom. The van der Waals surface area contributed by atoms with Gasteiger partial charge in [0.05, 0.1) is 6.54 Å². The van der Waals surface area contributed by atoms with E-state index < -0.39 is 0 Å². The van der Waals surface area contributed by atoms with Crippen molar-refractivity contribution in [3.63, 3.8) is 0 Å². The van der Waals surface area contributed by atoms with Crippen molar-refractivity contribution in [1.29, 1.82) is 0 Å². The SMILES string of the molecule is CCNC(=NCc1ccc(Oc2ccc(F)cc2)nc1)NCC1CCCS1.I. The first-order valence-corrected chi connectivity index (χ1v) is 10.3. The lowest BCUT2D eigenvalue weighted by molar-refractivity contribution is 0.461. The number of ether oxygens (including phenoxy) is 1. The van der Waals surface area contributed by atoms with Crippen LogP contribution in [0.5, 0.6) is 11.6 Å². The van der Waals surface area contributed by atoms with E-state index in [2.05, 4.69) is 27.5 Å². The molecule has 0 radical (unpaired) electrons. The number of nitrogens with zero attached hydrogens (tertiary/aromatic N) is 2. The Morgan fingerprint density at radius 2 is 2.07 bits per heavy atom. The van der Waals surface area contributed by atoms with Crippen molar-refractivity contribution < 1.29 is 9.13 Å². The van der Waals surface area contributed by atoms with Gasteiger partial charge in [-0.1, -0.05) is 6.07 Å². The van der Waals surface area contributed by atoms with Crippen LogP contribution in [0.15, 0.2) is 47.6 Å². The van der Waals surface area contributed by atoms with Gasteiger partial charge in [-0.25, -0.2) is 14.4 Å². The molecule has 1 saturated heterocycles. The molecule has 1 fully saturated rings. The van der Waals surface area contributed by atoms with Gasteiger partial charge in [-0.15, -0.1) is 24.0 Å². The number of pyridine rings is 1. The molecule has 8 heteroatoms. The van der Waals surface area contributed by atoms with E-state index in [4.69, 9.17) is 4.74 Å². The molecular weight excluding hydrogens is 490 g/mol. The molecule has 1 unspecified atom stereocenters. The van der Waals surface area contributed by atoms with Crippen LogP contribution in [0.1, 0.15) is 25.3 Å². The Bertz CT molecular complexity index is 737. The zero-order valence-electron chi connectivity index (χ0n) is 15.9. The molecule has 2 N–H and O–H groups in total. The van der Waals surface area contributed by atoms with E-state index in [0.717, 1.165) is 24.6 Å². The second-order valence-electron chi connectivity index (χ2n) is 6.27. The van der Waals surface area contributed by atoms with Gasteiger partial charge in [0.1, 0.15) is 11.6 Å². The highest BCUT2D eigenvalue weighted by Gasteiger charge is 2.15. The first-order chi connectivity index (χ1) is 13.2. The molecule has 28 heavy (non-hydrogen) atoms. The minimum atomic E-state index is -0.292. The predicted octanol–water partition coefficient (Wildman–Crippen LogP) is 4.58. The first kappa shape index (κ1) is 22.7. The standard InChI is InChI=1S/C20H25FN4OS.HI/c1-2-22-20(25-14-18-4-3-11-27-18)24-13-15-5-10-19(23-12-15)26-17-8-6-16(21)7-9-17;/h5-10,12,18H,2-4,11,13-14H2,1H3,(H2,22,24,25);1H. The smallest absolute Gasteiger partial charge is 0.219 e. The van der Waals surface area contributed by atoms with E-state index in [9.17, 15) is 4.39 Å². The highest BCUT2D eigenvalue weighted by atomic mass is 127. The third kappa shape index (κ3) is 7.46. The molecule has 2 aromatic rings. The molecule has 1 aliphatic heterocycles. The Morgan fingerprint density at radius 1 is 1.25 bits per heavy atom. The quantitative estimate of drug-likeness (QED) is 0.321. The molecule has 3 rings (SSSR count). The lowest BCUT2D eigenvalue weighted by Gasteiger charge is -2.14. The number of thioether (sulfide) groups is 1. The summed E-state index contributed by atoms with van der Waals surface area (Å²) in [6.07, 6.45) is 4.33. The fraction of sp³-hybridized carbons (Fsp3) is 0.400. The Kier molecular flexibility index (Phi) is 9.83. The predicted molar refractivity (Wildman–Crippen MR) is 124 cm³/mol. The van der Waals surface area contributed by atoms with Gasteiger partial charge in [-0.3, -0.25) is 0 Å². The van der Waals surface area contributed by atoms with Crippen LogP contribution in [0.3, 0.4) is 0 Å². The molecule has 1 aliphatic rings. The molecule has 1 aromatic carbocycles. The third-order valence-electron chi connectivity index (χ3n) is 4.12. The van der Waals surface area contributed by atoms with Crippen molar-refractivity contribution in [2.75, 3.05) is 18.8 Å². The summed E-state index contributed by atoms with van der Waals surface area (Å²) in [4.78, 5) is 8.93. The van der Waals surface area contributed by atoms with Crippen molar-refractivity contribution in [3.8, 4) is 11.6 Å². The highest BCUT2D eigenvalue weighted by Crippen LogP contribution is 2.25. The van der Waals surface area contributed by atoms with E-state index in [1.165, 1.54) is 30.7 Å². The molecule has 0 saturated carbocycles. The summed E-state index contributed by atoms with van der Waals surface area (Å²) >= 11 is 2.03. The van der Waals surface area contributed by atoms with E-state index in [-0.39, 0.29) is 29.8 Å². The Balaban J connectivity index is 0.00000280. The lowest BCUT2D eigenvalue weighted by atomic mass is 10.2. The van der Waals surface area contributed by atoms with Gasteiger partial charge in [0.15, 0.2) is 5.96 Å². The average Bonchev–Trinajstić information content (AvgIpc) is 3.21. The summed E-state index contributed by atoms with van der Waals surface area (Å²) in [6, 6.07) is 9.60. The van der Waals surface area contributed by atoms with Gasteiger partial charge in [0, 0.05) is 30.6 Å². The molecule has 152 valence electrons. The monoisotopic (exact) mass is 516 g/mol. The summed E-state index contributed by atoms with van der Waals surface area (Å²) in [6.45, 7) is 4.37. The number of aliphatic imine (C=N–C) groups is 1. The molecule has 0 bridgehead atoms.